The zero-order chi connectivity index (χ0) is 20.1. The fourth-order valence-corrected chi connectivity index (χ4v) is 1.84. The molecule has 0 saturated carbocycles. The van der Waals surface area contributed by atoms with E-state index < -0.39 is 29.3 Å². The van der Waals surface area contributed by atoms with E-state index in [-0.39, 0.29) is 17.1 Å². The maximum absolute atomic E-state index is 13.1. The Balaban J connectivity index is 3.35. The number of carbonyl (C=O) groups excluding carboxylic acids is 2. The highest BCUT2D eigenvalue weighted by Gasteiger charge is 2.32. The number of rotatable bonds is 5. The van der Waals surface area contributed by atoms with Gasteiger partial charge in [0.2, 0.25) is 0 Å². The van der Waals surface area contributed by atoms with Gasteiger partial charge in [0.1, 0.15) is 17.0 Å². The molecule has 9 heteroatoms. The van der Waals surface area contributed by atoms with Crippen LogP contribution in [0.4, 0.5) is 18.9 Å². The smallest absolute Gasteiger partial charge is 0.416 e. The molecule has 0 spiro atoms. The topological polar surface area (TPSA) is 73.9 Å². The second-order valence-electron chi connectivity index (χ2n) is 6.16. The molecule has 0 unspecified atom stereocenters. The fraction of sp³-hybridized carbons (Fsp3) is 0.412. The van der Waals surface area contributed by atoms with Gasteiger partial charge in [0.15, 0.2) is 0 Å². The Bertz CT molecular complexity index is 705. The molecule has 0 atom stereocenters. The molecule has 0 aliphatic heterocycles. The quantitative estimate of drug-likeness (QED) is 0.627. The molecule has 0 aliphatic carbocycles. The van der Waals surface area contributed by atoms with Crippen molar-refractivity contribution < 1.29 is 37.0 Å². The Morgan fingerprint density at radius 3 is 2.12 bits per heavy atom. The maximum Gasteiger partial charge on any atom is 0.416 e. The van der Waals surface area contributed by atoms with Crippen LogP contribution in [0.3, 0.4) is 0 Å². The average Bonchev–Trinajstić information content (AvgIpc) is 2.50. The summed E-state index contributed by atoms with van der Waals surface area (Å²) in [7, 11) is 2.16. The van der Waals surface area contributed by atoms with Crippen LogP contribution >= 0.6 is 0 Å². The van der Waals surface area contributed by atoms with Gasteiger partial charge in [0.05, 0.1) is 25.9 Å². The minimum Gasteiger partial charge on any atom is -0.488 e. The Morgan fingerprint density at radius 1 is 1.04 bits per heavy atom. The molecule has 0 aliphatic rings. The number of hydrogen-bond donors (Lipinski definition) is 1. The SMILES string of the molecule is COC(=O)/C=C(/Nc1cc(OC(C)(C)C)cc(C(F)(F)F)c1)C(=O)OC. The number of methoxy groups -OCH3 is 2. The summed E-state index contributed by atoms with van der Waals surface area (Å²) in [6.45, 7) is 5.03. The van der Waals surface area contributed by atoms with Crippen molar-refractivity contribution in [3.05, 3.63) is 35.5 Å². The number of nitrogens with one attached hydrogen (secondary N) is 1. The van der Waals surface area contributed by atoms with E-state index in [1.165, 1.54) is 6.07 Å². The normalized spacial score (nSPS) is 12.4. The second kappa shape index (κ2) is 8.11. The maximum atomic E-state index is 13.1. The third kappa shape index (κ3) is 6.66. The average molecular weight is 375 g/mol. The summed E-state index contributed by atoms with van der Waals surface area (Å²) in [6, 6.07) is 2.90. The summed E-state index contributed by atoms with van der Waals surface area (Å²) >= 11 is 0. The number of esters is 2. The Morgan fingerprint density at radius 2 is 1.65 bits per heavy atom. The molecule has 0 bridgehead atoms. The molecule has 1 N–H and O–H groups in total. The van der Waals surface area contributed by atoms with Crippen LogP contribution in [0, 0.1) is 0 Å². The van der Waals surface area contributed by atoms with Crippen molar-refractivity contribution in [3.63, 3.8) is 0 Å². The zero-order valence-corrected chi connectivity index (χ0v) is 15.0. The molecule has 0 heterocycles. The standard InChI is InChI=1S/C17H20F3NO5/c1-16(2,3)26-12-7-10(17(18,19)20)6-11(8-12)21-13(15(23)25-5)9-14(22)24-4/h6-9,21H,1-5H3/b13-9+. The number of alkyl halides is 3. The highest BCUT2D eigenvalue weighted by atomic mass is 19.4. The first-order valence-electron chi connectivity index (χ1n) is 7.42. The lowest BCUT2D eigenvalue weighted by Gasteiger charge is -2.23. The molecular formula is C17H20F3NO5. The molecule has 0 fully saturated rings. The van der Waals surface area contributed by atoms with E-state index in [9.17, 15) is 22.8 Å². The van der Waals surface area contributed by atoms with Gasteiger partial charge in [-0.25, -0.2) is 9.59 Å². The molecular weight excluding hydrogens is 355 g/mol. The molecule has 0 aromatic heterocycles. The van der Waals surface area contributed by atoms with Crippen LogP contribution in [-0.4, -0.2) is 31.8 Å². The van der Waals surface area contributed by atoms with Gasteiger partial charge in [0.25, 0.3) is 0 Å². The summed E-state index contributed by atoms with van der Waals surface area (Å²) in [6.07, 6.45) is -3.86. The number of ether oxygens (including phenoxy) is 3. The summed E-state index contributed by atoms with van der Waals surface area (Å²) in [5, 5.41) is 2.44. The Kier molecular flexibility index (Phi) is 6.66. The van der Waals surface area contributed by atoms with Crippen molar-refractivity contribution in [2.75, 3.05) is 19.5 Å². The first-order chi connectivity index (χ1) is 11.9. The predicted molar refractivity (Wildman–Crippen MR) is 87.6 cm³/mol. The molecule has 26 heavy (non-hydrogen) atoms. The summed E-state index contributed by atoms with van der Waals surface area (Å²) < 4.78 is 53.8. The highest BCUT2D eigenvalue weighted by Crippen LogP contribution is 2.35. The van der Waals surface area contributed by atoms with E-state index >= 15 is 0 Å². The second-order valence-corrected chi connectivity index (χ2v) is 6.16. The van der Waals surface area contributed by atoms with Gasteiger partial charge in [-0.1, -0.05) is 0 Å². The number of halogens is 3. The summed E-state index contributed by atoms with van der Waals surface area (Å²) in [5.74, 6) is -1.89. The predicted octanol–water partition coefficient (Wildman–Crippen LogP) is 3.52. The number of benzene rings is 1. The number of hydrogen-bond acceptors (Lipinski definition) is 6. The first-order valence-corrected chi connectivity index (χ1v) is 7.42. The third-order valence-electron chi connectivity index (χ3n) is 2.81. The molecule has 1 rings (SSSR count). The highest BCUT2D eigenvalue weighted by molar-refractivity contribution is 5.98. The van der Waals surface area contributed by atoms with Crippen molar-refractivity contribution in [1.29, 1.82) is 0 Å². The molecule has 0 saturated heterocycles. The number of anilines is 1. The van der Waals surface area contributed by atoms with E-state index in [4.69, 9.17) is 4.74 Å². The van der Waals surface area contributed by atoms with Gasteiger partial charge in [0, 0.05) is 11.8 Å². The van der Waals surface area contributed by atoms with Crippen molar-refractivity contribution in [2.24, 2.45) is 0 Å². The lowest BCUT2D eigenvalue weighted by atomic mass is 10.1. The van der Waals surface area contributed by atoms with Crippen molar-refractivity contribution in [3.8, 4) is 5.75 Å². The van der Waals surface area contributed by atoms with Crippen molar-refractivity contribution in [1.82, 2.24) is 0 Å². The third-order valence-corrected chi connectivity index (χ3v) is 2.81. The number of carbonyl (C=O) groups is 2. The van der Waals surface area contributed by atoms with E-state index in [2.05, 4.69) is 14.8 Å². The molecule has 0 amide bonds. The van der Waals surface area contributed by atoms with Crippen LogP contribution in [0.1, 0.15) is 26.3 Å². The van der Waals surface area contributed by atoms with Gasteiger partial charge in [-0.15, -0.1) is 0 Å². The molecule has 144 valence electrons. The summed E-state index contributed by atoms with van der Waals surface area (Å²) in [4.78, 5) is 23.1. The monoisotopic (exact) mass is 375 g/mol. The lowest BCUT2D eigenvalue weighted by Crippen LogP contribution is -2.23. The molecule has 6 nitrogen and oxygen atoms in total. The van der Waals surface area contributed by atoms with Crippen LogP contribution in [0.2, 0.25) is 0 Å². The minimum absolute atomic E-state index is 0.0582. The van der Waals surface area contributed by atoms with E-state index in [0.29, 0.717) is 0 Å². The largest absolute Gasteiger partial charge is 0.488 e. The van der Waals surface area contributed by atoms with Crippen LogP contribution in [0.25, 0.3) is 0 Å². The van der Waals surface area contributed by atoms with Crippen LogP contribution in [0.5, 0.6) is 5.75 Å². The van der Waals surface area contributed by atoms with Crippen molar-refractivity contribution >= 4 is 17.6 Å². The van der Waals surface area contributed by atoms with E-state index in [1.807, 2.05) is 0 Å². The van der Waals surface area contributed by atoms with Crippen LogP contribution in [-0.2, 0) is 25.2 Å². The van der Waals surface area contributed by atoms with Gasteiger partial charge >= 0.3 is 18.1 Å². The molecule has 1 aromatic rings. The lowest BCUT2D eigenvalue weighted by molar-refractivity contribution is -0.138. The summed E-state index contributed by atoms with van der Waals surface area (Å²) in [5.41, 5.74) is -2.22. The van der Waals surface area contributed by atoms with Gasteiger partial charge in [-0.3, -0.25) is 0 Å². The Labute approximate surface area is 148 Å². The Hall–Kier alpha value is -2.71. The molecule has 1 aromatic carbocycles. The van der Waals surface area contributed by atoms with Crippen LogP contribution < -0.4 is 10.1 Å². The van der Waals surface area contributed by atoms with Gasteiger partial charge in [-0.05, 0) is 32.9 Å². The van der Waals surface area contributed by atoms with Crippen molar-refractivity contribution in [2.45, 2.75) is 32.5 Å². The van der Waals surface area contributed by atoms with E-state index in [0.717, 1.165) is 32.4 Å². The molecule has 0 radical (unpaired) electrons. The van der Waals surface area contributed by atoms with E-state index in [1.54, 1.807) is 20.8 Å². The first kappa shape index (κ1) is 21.3. The van der Waals surface area contributed by atoms with Gasteiger partial charge < -0.3 is 19.5 Å². The van der Waals surface area contributed by atoms with Crippen LogP contribution in [0.15, 0.2) is 30.0 Å². The minimum atomic E-state index is -4.63. The van der Waals surface area contributed by atoms with Gasteiger partial charge in [-0.2, -0.15) is 13.2 Å². The zero-order valence-electron chi connectivity index (χ0n) is 15.0. The fourth-order valence-electron chi connectivity index (χ4n) is 1.84.